The molecule has 1 saturated heterocycles. The van der Waals surface area contributed by atoms with Gasteiger partial charge in [-0.05, 0) is 49.0 Å². The molecule has 0 bridgehead atoms. The number of hydrogen-bond acceptors (Lipinski definition) is 6. The Hall–Kier alpha value is -2.81. The van der Waals surface area contributed by atoms with Gasteiger partial charge in [0.15, 0.2) is 0 Å². The minimum atomic E-state index is -0.619. The van der Waals surface area contributed by atoms with Gasteiger partial charge in [-0.15, -0.1) is 0 Å². The molecule has 2 aliphatic rings. The molecule has 3 aromatic heterocycles. The van der Waals surface area contributed by atoms with Crippen LogP contribution in [0, 0.1) is 6.92 Å². The number of aromatic nitrogens is 4. The molecule has 3 aromatic rings. The highest BCUT2D eigenvalue weighted by atomic mass is 32.2. The van der Waals surface area contributed by atoms with E-state index in [9.17, 15) is 9.59 Å². The molecule has 0 saturated carbocycles. The van der Waals surface area contributed by atoms with Gasteiger partial charge in [0, 0.05) is 6.20 Å². The number of carbonyl (C=O) groups is 1. The predicted octanol–water partition coefficient (Wildman–Crippen LogP) is 2.09. The number of aromatic amines is 1. The standard InChI is InChI=1S/C18H18N6O2S/c1-10-8-12(22-15-11-2-5-19-14(11)20-9-21-15)17(26)24-13(10)16(25)23-18(24)3-6-27-7-4-18/h2,5,8-9H,3-4,6-7H2,1H3,(H,23,25)(H2,19,20,21,22). The number of thioether (sulfide) groups is 1. The van der Waals surface area contributed by atoms with E-state index in [1.54, 1.807) is 16.8 Å². The third-order valence-electron chi connectivity index (χ3n) is 5.31. The molecule has 8 nitrogen and oxygen atoms in total. The molecule has 0 aromatic carbocycles. The number of nitrogens with zero attached hydrogens (tertiary/aromatic N) is 3. The third kappa shape index (κ3) is 2.38. The summed E-state index contributed by atoms with van der Waals surface area (Å²) in [6, 6.07) is 3.59. The van der Waals surface area contributed by atoms with Crippen molar-refractivity contribution in [2.24, 2.45) is 0 Å². The first-order valence-corrected chi connectivity index (χ1v) is 9.97. The fourth-order valence-corrected chi connectivity index (χ4v) is 5.18. The quantitative estimate of drug-likeness (QED) is 0.627. The lowest BCUT2D eigenvalue weighted by Crippen LogP contribution is -2.49. The summed E-state index contributed by atoms with van der Waals surface area (Å²) in [6.07, 6.45) is 4.72. The van der Waals surface area contributed by atoms with Crippen LogP contribution >= 0.6 is 11.8 Å². The average Bonchev–Trinajstić information content (AvgIpc) is 3.24. The van der Waals surface area contributed by atoms with E-state index < -0.39 is 5.66 Å². The summed E-state index contributed by atoms with van der Waals surface area (Å²) in [4.78, 5) is 37.4. The molecule has 1 spiro atoms. The number of H-pyrrole nitrogens is 1. The van der Waals surface area contributed by atoms with Gasteiger partial charge >= 0.3 is 0 Å². The molecule has 27 heavy (non-hydrogen) atoms. The van der Waals surface area contributed by atoms with Gasteiger partial charge in [-0.25, -0.2) is 9.97 Å². The predicted molar refractivity (Wildman–Crippen MR) is 105 cm³/mol. The van der Waals surface area contributed by atoms with Gasteiger partial charge in [0.05, 0.1) is 5.39 Å². The van der Waals surface area contributed by atoms with Crippen molar-refractivity contribution in [1.82, 2.24) is 24.8 Å². The van der Waals surface area contributed by atoms with Gasteiger partial charge in [0.25, 0.3) is 11.5 Å². The zero-order chi connectivity index (χ0) is 18.6. The number of anilines is 2. The van der Waals surface area contributed by atoms with Crippen LogP contribution in [0.2, 0.25) is 0 Å². The number of fused-ring (bicyclic) bond motifs is 3. The van der Waals surface area contributed by atoms with E-state index >= 15 is 0 Å². The number of pyridine rings is 1. The second-order valence-corrected chi connectivity index (χ2v) is 8.14. The second-order valence-electron chi connectivity index (χ2n) is 6.92. The smallest absolute Gasteiger partial charge is 0.276 e. The van der Waals surface area contributed by atoms with Gasteiger partial charge in [-0.1, -0.05) is 0 Å². The first kappa shape index (κ1) is 16.4. The highest BCUT2D eigenvalue weighted by molar-refractivity contribution is 7.99. The molecule has 0 aliphatic carbocycles. The van der Waals surface area contributed by atoms with Crippen LogP contribution in [0.5, 0.6) is 0 Å². The van der Waals surface area contributed by atoms with Crippen molar-refractivity contribution in [2.75, 3.05) is 16.8 Å². The average molecular weight is 382 g/mol. The first-order valence-electron chi connectivity index (χ1n) is 8.82. The van der Waals surface area contributed by atoms with Crippen LogP contribution < -0.4 is 16.2 Å². The number of carbonyl (C=O) groups excluding carboxylic acids is 1. The summed E-state index contributed by atoms with van der Waals surface area (Å²) in [6.45, 7) is 1.86. The van der Waals surface area contributed by atoms with Crippen molar-refractivity contribution in [3.8, 4) is 0 Å². The largest absolute Gasteiger partial charge is 0.346 e. The lowest BCUT2D eigenvalue weighted by Gasteiger charge is -2.35. The summed E-state index contributed by atoms with van der Waals surface area (Å²) in [5, 5.41) is 7.05. The van der Waals surface area contributed by atoms with E-state index in [0.717, 1.165) is 35.3 Å². The third-order valence-corrected chi connectivity index (χ3v) is 6.29. The molecule has 1 fully saturated rings. The zero-order valence-corrected chi connectivity index (χ0v) is 15.5. The van der Waals surface area contributed by atoms with E-state index in [2.05, 4.69) is 25.6 Å². The molecule has 0 unspecified atom stereocenters. The molecule has 9 heteroatoms. The Balaban J connectivity index is 1.67. The van der Waals surface area contributed by atoms with E-state index in [1.165, 1.54) is 6.33 Å². The highest BCUT2D eigenvalue weighted by Crippen LogP contribution is 2.36. The van der Waals surface area contributed by atoms with Gasteiger partial charge in [-0.3, -0.25) is 14.2 Å². The molecule has 5 rings (SSSR count). The van der Waals surface area contributed by atoms with E-state index in [1.807, 2.05) is 24.8 Å². The lowest BCUT2D eigenvalue weighted by molar-refractivity contribution is 0.0910. The van der Waals surface area contributed by atoms with Crippen molar-refractivity contribution < 1.29 is 4.79 Å². The fourth-order valence-electron chi connectivity index (χ4n) is 4.01. The molecule has 0 atom stereocenters. The Morgan fingerprint density at radius 3 is 2.89 bits per heavy atom. The minimum Gasteiger partial charge on any atom is -0.346 e. The maximum Gasteiger partial charge on any atom is 0.276 e. The van der Waals surface area contributed by atoms with E-state index in [0.29, 0.717) is 22.8 Å². The molecular weight excluding hydrogens is 364 g/mol. The van der Waals surface area contributed by atoms with Gasteiger partial charge in [0.1, 0.15) is 34.8 Å². The molecule has 138 valence electrons. The van der Waals surface area contributed by atoms with Crippen molar-refractivity contribution in [1.29, 1.82) is 0 Å². The number of rotatable bonds is 2. The van der Waals surface area contributed by atoms with E-state index in [4.69, 9.17) is 0 Å². The second kappa shape index (κ2) is 5.85. The van der Waals surface area contributed by atoms with Crippen LogP contribution in [0.4, 0.5) is 11.5 Å². The SMILES string of the molecule is Cc1cc(Nc2ncnc3[nH]ccc23)c(=O)n2c1C(=O)NC21CCSCC1. The number of nitrogens with one attached hydrogen (secondary N) is 3. The van der Waals surface area contributed by atoms with Crippen LogP contribution in [-0.2, 0) is 5.66 Å². The van der Waals surface area contributed by atoms with Crippen molar-refractivity contribution in [2.45, 2.75) is 25.4 Å². The van der Waals surface area contributed by atoms with Crippen LogP contribution in [0.1, 0.15) is 28.9 Å². The summed E-state index contributed by atoms with van der Waals surface area (Å²) < 4.78 is 1.67. The maximum atomic E-state index is 13.4. The Labute approximate surface area is 158 Å². The van der Waals surface area contributed by atoms with Crippen molar-refractivity contribution in [3.05, 3.63) is 46.3 Å². The number of hydrogen-bond donors (Lipinski definition) is 3. The lowest BCUT2D eigenvalue weighted by atomic mass is 10.0. The monoisotopic (exact) mass is 382 g/mol. The van der Waals surface area contributed by atoms with Crippen molar-refractivity contribution >= 4 is 40.2 Å². The van der Waals surface area contributed by atoms with Gasteiger partial charge in [-0.2, -0.15) is 11.8 Å². The molecule has 5 heterocycles. The summed E-state index contributed by atoms with van der Waals surface area (Å²) >= 11 is 1.85. The van der Waals surface area contributed by atoms with Gasteiger partial charge in [0.2, 0.25) is 0 Å². The number of aryl methyl sites for hydroxylation is 1. The zero-order valence-electron chi connectivity index (χ0n) is 14.7. The van der Waals surface area contributed by atoms with Crippen molar-refractivity contribution in [3.63, 3.8) is 0 Å². The first-order chi connectivity index (χ1) is 13.1. The van der Waals surface area contributed by atoms with Crippen LogP contribution in [0.3, 0.4) is 0 Å². The Morgan fingerprint density at radius 2 is 2.07 bits per heavy atom. The summed E-state index contributed by atoms with van der Waals surface area (Å²) in [5.41, 5.74) is 1.51. The minimum absolute atomic E-state index is 0.168. The highest BCUT2D eigenvalue weighted by Gasteiger charge is 2.45. The molecule has 0 radical (unpaired) electrons. The number of amides is 1. The summed E-state index contributed by atoms with van der Waals surface area (Å²) in [7, 11) is 0. The molecule has 1 amide bonds. The van der Waals surface area contributed by atoms with Gasteiger partial charge < -0.3 is 15.6 Å². The Morgan fingerprint density at radius 1 is 1.26 bits per heavy atom. The fraction of sp³-hybridized carbons (Fsp3) is 0.333. The molecular formula is C18H18N6O2S. The Bertz CT molecular complexity index is 1130. The van der Waals surface area contributed by atoms with E-state index in [-0.39, 0.29) is 11.5 Å². The normalized spacial score (nSPS) is 17.9. The molecule has 3 N–H and O–H groups in total. The van der Waals surface area contributed by atoms with Crippen LogP contribution in [0.15, 0.2) is 29.5 Å². The topological polar surface area (TPSA) is 105 Å². The van der Waals surface area contributed by atoms with Crippen LogP contribution in [0.25, 0.3) is 11.0 Å². The molecule has 2 aliphatic heterocycles. The Kier molecular flexibility index (Phi) is 3.55. The van der Waals surface area contributed by atoms with Crippen LogP contribution in [-0.4, -0.2) is 36.9 Å². The summed E-state index contributed by atoms with van der Waals surface area (Å²) in [5.74, 6) is 2.22. The maximum absolute atomic E-state index is 13.4.